The summed E-state index contributed by atoms with van der Waals surface area (Å²) in [4.78, 5) is 17.2. The number of nitrogens with one attached hydrogen (secondary N) is 1. The Morgan fingerprint density at radius 1 is 1.40 bits per heavy atom. The van der Waals surface area contributed by atoms with Crippen molar-refractivity contribution < 1.29 is 14.3 Å². The molecule has 1 fully saturated rings. The number of aliphatic hydroxyl groups is 1. The van der Waals surface area contributed by atoms with E-state index in [0.29, 0.717) is 12.0 Å². The molecule has 5 nitrogen and oxygen atoms in total. The summed E-state index contributed by atoms with van der Waals surface area (Å²) in [5.74, 6) is -0.606. The maximum Gasteiger partial charge on any atom is 0.252 e. The highest BCUT2D eigenvalue weighted by Gasteiger charge is 2.36. The number of hydrogen-bond donors (Lipinski definition) is 2. The monoisotopic (exact) mass is 351 g/mol. The van der Waals surface area contributed by atoms with Gasteiger partial charge in [0.25, 0.3) is 5.91 Å². The molecule has 2 rings (SSSR count). The molecule has 0 aromatic heterocycles. The first-order chi connectivity index (χ1) is 11.8. The number of halogens is 1. The van der Waals surface area contributed by atoms with E-state index in [1.807, 2.05) is 14.0 Å². The summed E-state index contributed by atoms with van der Waals surface area (Å²) in [7, 11) is 4.09. The van der Waals surface area contributed by atoms with Crippen molar-refractivity contribution in [1.82, 2.24) is 15.1 Å². The van der Waals surface area contributed by atoms with Gasteiger partial charge in [-0.25, -0.2) is 4.39 Å². The van der Waals surface area contributed by atoms with Crippen LogP contribution in [-0.2, 0) is 0 Å². The van der Waals surface area contributed by atoms with Crippen molar-refractivity contribution >= 4 is 5.91 Å². The smallest absolute Gasteiger partial charge is 0.252 e. The molecule has 1 aliphatic heterocycles. The van der Waals surface area contributed by atoms with Gasteiger partial charge < -0.3 is 20.2 Å². The number of nitrogens with zero attached hydrogens (tertiary/aromatic N) is 2. The lowest BCUT2D eigenvalue weighted by Crippen LogP contribution is -2.60. The molecule has 25 heavy (non-hydrogen) atoms. The van der Waals surface area contributed by atoms with Crippen LogP contribution in [0.5, 0.6) is 0 Å². The van der Waals surface area contributed by atoms with Gasteiger partial charge in [0.2, 0.25) is 0 Å². The van der Waals surface area contributed by atoms with Crippen molar-refractivity contribution in [3.05, 3.63) is 35.1 Å². The fourth-order valence-corrected chi connectivity index (χ4v) is 3.45. The first-order valence-corrected chi connectivity index (χ1v) is 8.92. The largest absolute Gasteiger partial charge is 0.396 e. The molecule has 1 aromatic carbocycles. The maximum absolute atomic E-state index is 13.6. The number of aryl methyl sites for hydroxylation is 1. The fourth-order valence-electron chi connectivity index (χ4n) is 3.45. The van der Waals surface area contributed by atoms with Crippen LogP contribution in [0.15, 0.2) is 18.2 Å². The molecular formula is C19H30FN3O2. The van der Waals surface area contributed by atoms with Gasteiger partial charge in [-0.2, -0.15) is 0 Å². The number of carbonyl (C=O) groups is 1. The Morgan fingerprint density at radius 2 is 2.08 bits per heavy atom. The van der Waals surface area contributed by atoms with Crippen molar-refractivity contribution in [2.24, 2.45) is 0 Å². The number of hydrogen-bond acceptors (Lipinski definition) is 4. The molecule has 0 unspecified atom stereocenters. The topological polar surface area (TPSA) is 55.8 Å². The standard InChI is InChI=1S/C19H30FN3O2/c1-15-5-6-16(20)13-17(15)18(25)21-19(7-10-22(2)11-8-19)14-23(3)9-4-12-24/h5-6,13,24H,4,7-12,14H2,1-3H3,(H,21,25). The zero-order chi connectivity index (χ0) is 18.4. The van der Waals surface area contributed by atoms with E-state index >= 15 is 0 Å². The predicted octanol–water partition coefficient (Wildman–Crippen LogP) is 1.64. The first kappa shape index (κ1) is 19.8. The fraction of sp³-hybridized carbons (Fsp3) is 0.632. The quantitative estimate of drug-likeness (QED) is 0.784. The zero-order valence-electron chi connectivity index (χ0n) is 15.5. The maximum atomic E-state index is 13.6. The highest BCUT2D eigenvalue weighted by molar-refractivity contribution is 5.96. The molecular weight excluding hydrogens is 321 g/mol. The van der Waals surface area contributed by atoms with E-state index < -0.39 is 5.82 Å². The van der Waals surface area contributed by atoms with Gasteiger partial charge in [0.15, 0.2) is 0 Å². The third kappa shape index (κ3) is 5.49. The zero-order valence-corrected chi connectivity index (χ0v) is 15.5. The summed E-state index contributed by atoms with van der Waals surface area (Å²) >= 11 is 0. The SMILES string of the molecule is Cc1ccc(F)cc1C(=O)NC1(CN(C)CCCO)CCN(C)CC1. The molecule has 0 bridgehead atoms. The summed E-state index contributed by atoms with van der Waals surface area (Å²) in [6, 6.07) is 4.32. The number of amides is 1. The number of carbonyl (C=O) groups excluding carboxylic acids is 1. The van der Waals surface area contributed by atoms with Gasteiger partial charge in [-0.15, -0.1) is 0 Å². The summed E-state index contributed by atoms with van der Waals surface area (Å²) in [6.07, 6.45) is 2.42. The van der Waals surface area contributed by atoms with Crippen LogP contribution in [-0.4, -0.2) is 73.2 Å². The Bertz CT molecular complexity index is 586. The van der Waals surface area contributed by atoms with Crippen LogP contribution in [0, 0.1) is 12.7 Å². The van der Waals surface area contributed by atoms with Gasteiger partial charge in [0.1, 0.15) is 5.82 Å². The van der Waals surface area contributed by atoms with Crippen LogP contribution < -0.4 is 5.32 Å². The normalized spacial score (nSPS) is 17.7. The van der Waals surface area contributed by atoms with Gasteiger partial charge in [-0.05, 0) is 58.0 Å². The summed E-state index contributed by atoms with van der Waals surface area (Å²) < 4.78 is 13.6. The molecule has 1 aromatic rings. The highest BCUT2D eigenvalue weighted by Crippen LogP contribution is 2.24. The molecule has 1 saturated heterocycles. The second kappa shape index (κ2) is 8.74. The van der Waals surface area contributed by atoms with Crippen molar-refractivity contribution in [2.45, 2.75) is 31.7 Å². The van der Waals surface area contributed by atoms with E-state index in [0.717, 1.165) is 44.6 Å². The van der Waals surface area contributed by atoms with E-state index in [1.165, 1.54) is 12.1 Å². The first-order valence-electron chi connectivity index (χ1n) is 8.92. The predicted molar refractivity (Wildman–Crippen MR) is 97.3 cm³/mol. The average Bonchev–Trinajstić information content (AvgIpc) is 2.58. The third-order valence-corrected chi connectivity index (χ3v) is 5.04. The molecule has 0 aliphatic carbocycles. The Morgan fingerprint density at radius 3 is 2.72 bits per heavy atom. The van der Waals surface area contributed by atoms with E-state index in [4.69, 9.17) is 5.11 Å². The van der Waals surface area contributed by atoms with Crippen LogP contribution in [0.2, 0.25) is 0 Å². The molecule has 0 spiro atoms. The van der Waals surface area contributed by atoms with Crippen LogP contribution in [0.25, 0.3) is 0 Å². The molecule has 6 heteroatoms. The van der Waals surface area contributed by atoms with E-state index in [1.54, 1.807) is 6.07 Å². The molecule has 2 N–H and O–H groups in total. The molecule has 0 radical (unpaired) electrons. The number of benzene rings is 1. The number of likely N-dealkylation sites (tertiary alicyclic amines) is 1. The van der Waals surface area contributed by atoms with Crippen LogP contribution in [0.3, 0.4) is 0 Å². The number of piperidine rings is 1. The molecule has 1 amide bonds. The van der Waals surface area contributed by atoms with Crippen LogP contribution in [0.1, 0.15) is 35.2 Å². The Labute approximate surface area is 149 Å². The minimum Gasteiger partial charge on any atom is -0.396 e. The van der Waals surface area contributed by atoms with Crippen molar-refractivity contribution in [1.29, 1.82) is 0 Å². The van der Waals surface area contributed by atoms with E-state index in [2.05, 4.69) is 22.2 Å². The molecule has 0 saturated carbocycles. The minimum absolute atomic E-state index is 0.162. The van der Waals surface area contributed by atoms with Crippen LogP contribution >= 0.6 is 0 Å². The van der Waals surface area contributed by atoms with Crippen LogP contribution in [0.4, 0.5) is 4.39 Å². The number of rotatable bonds is 7. The Balaban J connectivity index is 2.15. The van der Waals surface area contributed by atoms with Gasteiger partial charge in [-0.1, -0.05) is 6.07 Å². The van der Waals surface area contributed by atoms with Crippen molar-refractivity contribution in [3.8, 4) is 0 Å². The number of likely N-dealkylation sites (N-methyl/N-ethyl adjacent to an activating group) is 1. The van der Waals surface area contributed by atoms with Gasteiger partial charge in [-0.3, -0.25) is 4.79 Å². The lowest BCUT2D eigenvalue weighted by molar-refractivity contribution is 0.0752. The van der Waals surface area contributed by atoms with E-state index in [-0.39, 0.29) is 18.1 Å². The minimum atomic E-state index is -0.395. The molecule has 0 atom stereocenters. The molecule has 1 heterocycles. The van der Waals surface area contributed by atoms with E-state index in [9.17, 15) is 9.18 Å². The molecule has 140 valence electrons. The Kier molecular flexibility index (Phi) is 6.93. The molecule has 1 aliphatic rings. The second-order valence-electron chi connectivity index (χ2n) is 7.31. The summed E-state index contributed by atoms with van der Waals surface area (Å²) in [5, 5.41) is 12.2. The summed E-state index contributed by atoms with van der Waals surface area (Å²) in [6.45, 7) is 5.31. The van der Waals surface area contributed by atoms with Gasteiger partial charge in [0, 0.05) is 38.3 Å². The second-order valence-corrected chi connectivity index (χ2v) is 7.31. The third-order valence-electron chi connectivity index (χ3n) is 5.04. The van der Waals surface area contributed by atoms with Gasteiger partial charge >= 0.3 is 0 Å². The highest BCUT2D eigenvalue weighted by atomic mass is 19.1. The van der Waals surface area contributed by atoms with Crippen molar-refractivity contribution in [3.63, 3.8) is 0 Å². The lowest BCUT2D eigenvalue weighted by atomic mass is 9.86. The number of aliphatic hydroxyl groups excluding tert-OH is 1. The van der Waals surface area contributed by atoms with Crippen molar-refractivity contribution in [2.75, 3.05) is 46.9 Å². The lowest BCUT2D eigenvalue weighted by Gasteiger charge is -2.43. The van der Waals surface area contributed by atoms with Gasteiger partial charge in [0.05, 0.1) is 5.54 Å². The average molecular weight is 351 g/mol. The Hall–Kier alpha value is -1.50. The summed E-state index contributed by atoms with van der Waals surface area (Å²) in [5.41, 5.74) is 0.846.